The van der Waals surface area contributed by atoms with Gasteiger partial charge < -0.3 is 16.2 Å². The van der Waals surface area contributed by atoms with E-state index in [1.807, 2.05) is 12.1 Å². The van der Waals surface area contributed by atoms with Crippen molar-refractivity contribution in [1.82, 2.24) is 5.32 Å². The first-order valence-electron chi connectivity index (χ1n) is 7.58. The van der Waals surface area contributed by atoms with E-state index in [1.54, 1.807) is 12.1 Å². The van der Waals surface area contributed by atoms with Crippen LogP contribution in [0.4, 0.5) is 0 Å². The van der Waals surface area contributed by atoms with Gasteiger partial charge in [0.15, 0.2) is 0 Å². The van der Waals surface area contributed by atoms with Gasteiger partial charge in [-0.1, -0.05) is 39.0 Å². The molecule has 0 heterocycles. The number of phenolic OH excluding ortho intramolecular Hbond substituents is 1. The molecule has 0 saturated carbocycles. The largest absolute Gasteiger partial charge is 0.508 e. The van der Waals surface area contributed by atoms with Crippen LogP contribution in [0.3, 0.4) is 0 Å². The van der Waals surface area contributed by atoms with Crippen LogP contribution in [0, 0.1) is 11.3 Å². The van der Waals surface area contributed by atoms with Crippen molar-refractivity contribution in [3.8, 4) is 5.75 Å². The summed E-state index contributed by atoms with van der Waals surface area (Å²) in [5, 5.41) is 12.5. The van der Waals surface area contributed by atoms with Gasteiger partial charge in [0.2, 0.25) is 5.91 Å². The number of carbonyl (C=O) groups is 1. The molecule has 0 aliphatic heterocycles. The van der Waals surface area contributed by atoms with E-state index in [0.717, 1.165) is 18.4 Å². The molecule has 4 N–H and O–H groups in total. The third-order valence-electron chi connectivity index (χ3n) is 3.93. The van der Waals surface area contributed by atoms with Gasteiger partial charge in [-0.3, -0.25) is 4.79 Å². The van der Waals surface area contributed by atoms with Crippen LogP contribution in [0.5, 0.6) is 5.75 Å². The molecule has 0 bridgehead atoms. The molecule has 4 heteroatoms. The Morgan fingerprint density at radius 1 is 1.29 bits per heavy atom. The van der Waals surface area contributed by atoms with Gasteiger partial charge in [0.1, 0.15) is 5.75 Å². The minimum absolute atomic E-state index is 0.0181. The van der Waals surface area contributed by atoms with Crippen molar-refractivity contribution in [2.24, 2.45) is 17.1 Å². The first kappa shape index (κ1) is 17.5. The zero-order valence-electron chi connectivity index (χ0n) is 13.4. The number of carbonyl (C=O) groups excluding carboxylic acids is 1. The van der Waals surface area contributed by atoms with E-state index in [0.29, 0.717) is 25.4 Å². The Morgan fingerprint density at radius 2 is 1.95 bits per heavy atom. The molecule has 0 aromatic heterocycles. The second kappa shape index (κ2) is 8.03. The summed E-state index contributed by atoms with van der Waals surface area (Å²) in [6, 6.07) is 7.04. The molecule has 21 heavy (non-hydrogen) atoms. The topological polar surface area (TPSA) is 75.4 Å². The highest BCUT2D eigenvalue weighted by molar-refractivity contribution is 5.75. The smallest absolute Gasteiger partial charge is 0.220 e. The molecule has 118 valence electrons. The molecule has 1 rings (SSSR count). The van der Waals surface area contributed by atoms with Crippen LogP contribution in [0.25, 0.3) is 0 Å². The van der Waals surface area contributed by atoms with Crippen molar-refractivity contribution < 1.29 is 9.90 Å². The summed E-state index contributed by atoms with van der Waals surface area (Å²) in [6.07, 6.45) is 2.28. The number of amides is 1. The fourth-order valence-corrected chi connectivity index (χ4v) is 2.46. The van der Waals surface area contributed by atoms with Crippen LogP contribution >= 0.6 is 0 Å². The fourth-order valence-electron chi connectivity index (χ4n) is 2.46. The van der Waals surface area contributed by atoms with Crippen LogP contribution in [0.2, 0.25) is 0 Å². The average Bonchev–Trinajstić information content (AvgIpc) is 2.41. The third-order valence-corrected chi connectivity index (χ3v) is 3.93. The summed E-state index contributed by atoms with van der Waals surface area (Å²) < 4.78 is 0. The van der Waals surface area contributed by atoms with E-state index in [-0.39, 0.29) is 17.1 Å². The van der Waals surface area contributed by atoms with Gasteiger partial charge in [-0.2, -0.15) is 0 Å². The van der Waals surface area contributed by atoms with Crippen LogP contribution in [-0.2, 0) is 11.3 Å². The number of hydrogen-bond donors (Lipinski definition) is 3. The lowest BCUT2D eigenvalue weighted by Gasteiger charge is -2.30. The summed E-state index contributed by atoms with van der Waals surface area (Å²) in [7, 11) is 0. The molecule has 1 amide bonds. The van der Waals surface area contributed by atoms with Crippen molar-refractivity contribution in [2.75, 3.05) is 6.54 Å². The normalized spacial score (nSPS) is 13.0. The van der Waals surface area contributed by atoms with E-state index in [2.05, 4.69) is 26.1 Å². The molecule has 4 nitrogen and oxygen atoms in total. The third kappa shape index (κ3) is 6.17. The molecule has 0 aliphatic rings. The second-order valence-corrected chi connectivity index (χ2v) is 6.58. The Labute approximate surface area is 127 Å². The highest BCUT2D eigenvalue weighted by Crippen LogP contribution is 2.32. The first-order chi connectivity index (χ1) is 9.84. The van der Waals surface area contributed by atoms with Gasteiger partial charge in [-0.25, -0.2) is 0 Å². The molecule has 1 aromatic rings. The van der Waals surface area contributed by atoms with Crippen molar-refractivity contribution in [2.45, 2.75) is 46.6 Å². The first-order valence-corrected chi connectivity index (χ1v) is 7.58. The lowest BCUT2D eigenvalue weighted by atomic mass is 9.76. The average molecular weight is 292 g/mol. The zero-order chi connectivity index (χ0) is 15.9. The summed E-state index contributed by atoms with van der Waals surface area (Å²) in [5.74, 6) is 0.677. The van der Waals surface area contributed by atoms with Crippen molar-refractivity contribution in [3.05, 3.63) is 29.8 Å². The van der Waals surface area contributed by atoms with Crippen LogP contribution < -0.4 is 11.1 Å². The van der Waals surface area contributed by atoms with Gasteiger partial charge in [-0.05, 0) is 36.8 Å². The standard InChI is InChI=1S/C17H28N2O2/c1-17(2,3)14(10-11-18)8-9-16(21)19-12-13-6-4-5-7-15(13)20/h4-7,14,20H,8-12,18H2,1-3H3,(H,19,21). The Hall–Kier alpha value is -1.55. The number of phenols is 1. The monoisotopic (exact) mass is 292 g/mol. The summed E-state index contributed by atoms with van der Waals surface area (Å²) in [5.41, 5.74) is 6.56. The fraction of sp³-hybridized carbons (Fsp3) is 0.588. The maximum absolute atomic E-state index is 11.9. The molecule has 0 saturated heterocycles. The van der Waals surface area contributed by atoms with E-state index >= 15 is 0 Å². The minimum atomic E-state index is 0.0181. The number of benzene rings is 1. The molecule has 0 aliphatic carbocycles. The minimum Gasteiger partial charge on any atom is -0.508 e. The Kier molecular flexibility index (Phi) is 6.69. The Balaban J connectivity index is 2.41. The van der Waals surface area contributed by atoms with Crippen LogP contribution in [0.1, 0.15) is 45.6 Å². The van der Waals surface area contributed by atoms with Crippen molar-refractivity contribution in [1.29, 1.82) is 0 Å². The van der Waals surface area contributed by atoms with E-state index in [1.165, 1.54) is 0 Å². The van der Waals surface area contributed by atoms with Crippen LogP contribution in [0.15, 0.2) is 24.3 Å². The lowest BCUT2D eigenvalue weighted by molar-refractivity contribution is -0.121. The van der Waals surface area contributed by atoms with Gasteiger partial charge >= 0.3 is 0 Å². The Morgan fingerprint density at radius 3 is 2.52 bits per heavy atom. The van der Waals surface area contributed by atoms with Crippen LogP contribution in [-0.4, -0.2) is 17.6 Å². The molecule has 0 fully saturated rings. The Bertz CT molecular complexity index is 452. The highest BCUT2D eigenvalue weighted by atomic mass is 16.3. The van der Waals surface area contributed by atoms with Gasteiger partial charge in [0.25, 0.3) is 0 Å². The number of rotatable bonds is 7. The summed E-state index contributed by atoms with van der Waals surface area (Å²) in [4.78, 5) is 11.9. The molecule has 0 radical (unpaired) electrons. The number of para-hydroxylation sites is 1. The number of hydrogen-bond acceptors (Lipinski definition) is 3. The lowest BCUT2D eigenvalue weighted by Crippen LogP contribution is -2.27. The van der Waals surface area contributed by atoms with Gasteiger partial charge in [-0.15, -0.1) is 0 Å². The maximum atomic E-state index is 11.9. The SMILES string of the molecule is CC(C)(C)C(CCN)CCC(=O)NCc1ccccc1O. The summed E-state index contributed by atoms with van der Waals surface area (Å²) >= 11 is 0. The molecular weight excluding hydrogens is 264 g/mol. The van der Waals surface area contributed by atoms with Crippen molar-refractivity contribution >= 4 is 5.91 Å². The highest BCUT2D eigenvalue weighted by Gasteiger charge is 2.24. The zero-order valence-corrected chi connectivity index (χ0v) is 13.4. The van der Waals surface area contributed by atoms with E-state index < -0.39 is 0 Å². The molecular formula is C17H28N2O2. The number of nitrogens with two attached hydrogens (primary N) is 1. The number of nitrogens with one attached hydrogen (secondary N) is 1. The molecule has 0 spiro atoms. The van der Waals surface area contributed by atoms with Gasteiger partial charge in [0, 0.05) is 18.5 Å². The molecule has 1 aromatic carbocycles. The van der Waals surface area contributed by atoms with Gasteiger partial charge in [0.05, 0.1) is 0 Å². The number of aromatic hydroxyl groups is 1. The van der Waals surface area contributed by atoms with E-state index in [9.17, 15) is 9.90 Å². The summed E-state index contributed by atoms with van der Waals surface area (Å²) in [6.45, 7) is 7.58. The van der Waals surface area contributed by atoms with E-state index in [4.69, 9.17) is 5.73 Å². The molecule has 1 atom stereocenters. The predicted octanol–water partition coefficient (Wildman–Crippen LogP) is 2.80. The predicted molar refractivity (Wildman–Crippen MR) is 85.8 cm³/mol. The second-order valence-electron chi connectivity index (χ2n) is 6.58. The molecule has 1 unspecified atom stereocenters. The quantitative estimate of drug-likeness (QED) is 0.723. The maximum Gasteiger partial charge on any atom is 0.220 e. The van der Waals surface area contributed by atoms with Crippen molar-refractivity contribution in [3.63, 3.8) is 0 Å².